The molecule has 0 fully saturated rings. The van der Waals surface area contributed by atoms with Crippen molar-refractivity contribution < 1.29 is 0 Å². The highest BCUT2D eigenvalue weighted by Crippen LogP contribution is 2.17. The lowest BCUT2D eigenvalue weighted by atomic mass is 10.3. The minimum atomic E-state index is 0.573. The first-order chi connectivity index (χ1) is 9.26. The molecule has 0 saturated carbocycles. The monoisotopic (exact) mass is 257 g/mol. The average Bonchev–Trinajstić information content (AvgIpc) is 3.01. The van der Waals surface area contributed by atoms with Crippen LogP contribution in [0.3, 0.4) is 0 Å². The summed E-state index contributed by atoms with van der Waals surface area (Å²) in [5.74, 6) is 1.58. The summed E-state index contributed by atoms with van der Waals surface area (Å²) >= 11 is 0. The Hall–Kier alpha value is -2.57. The molecular weight excluding hydrogens is 242 g/mol. The molecule has 0 unspecified atom stereocenters. The molecule has 3 aromatic rings. The molecular formula is C12H15N7. The largest absolute Gasteiger partial charge is 0.399 e. The summed E-state index contributed by atoms with van der Waals surface area (Å²) in [6, 6.07) is 5.59. The predicted octanol–water partition coefficient (Wildman–Crippen LogP) is 1.37. The van der Waals surface area contributed by atoms with Crippen LogP contribution in [0, 0.1) is 0 Å². The summed E-state index contributed by atoms with van der Waals surface area (Å²) in [6.07, 6.45) is 1.72. The van der Waals surface area contributed by atoms with E-state index in [4.69, 9.17) is 5.73 Å². The van der Waals surface area contributed by atoms with Gasteiger partial charge >= 0.3 is 0 Å². The number of nitrogens with two attached hydrogens (primary N) is 1. The Morgan fingerprint density at radius 2 is 2.32 bits per heavy atom. The number of nitrogens with one attached hydrogen (secondary N) is 2. The molecule has 1 aromatic carbocycles. The van der Waals surface area contributed by atoms with Gasteiger partial charge in [0.1, 0.15) is 6.33 Å². The number of anilines is 2. The van der Waals surface area contributed by atoms with Crippen LogP contribution in [0.4, 0.5) is 11.6 Å². The molecule has 0 aliphatic carbocycles. The Morgan fingerprint density at radius 1 is 1.42 bits per heavy atom. The standard InChI is InChI=1S/C12H15N7/c1-2-19-7-15-18-11(19)6-14-12-16-9-4-3-8(13)5-10(9)17-12/h3-5,7H,2,6,13H2,1H3,(H2,14,16,17). The Morgan fingerprint density at radius 3 is 3.16 bits per heavy atom. The highest BCUT2D eigenvalue weighted by atomic mass is 15.3. The van der Waals surface area contributed by atoms with Crippen molar-refractivity contribution in [3.8, 4) is 0 Å². The average molecular weight is 257 g/mol. The minimum absolute atomic E-state index is 0.573. The van der Waals surface area contributed by atoms with Gasteiger partial charge in [-0.15, -0.1) is 10.2 Å². The number of hydrogen-bond acceptors (Lipinski definition) is 5. The van der Waals surface area contributed by atoms with Gasteiger partial charge in [-0.3, -0.25) is 0 Å². The number of nitrogens with zero attached hydrogens (tertiary/aromatic N) is 4. The smallest absolute Gasteiger partial charge is 0.201 e. The van der Waals surface area contributed by atoms with Crippen molar-refractivity contribution in [2.24, 2.45) is 0 Å². The second-order valence-electron chi connectivity index (χ2n) is 4.25. The zero-order chi connectivity index (χ0) is 13.2. The van der Waals surface area contributed by atoms with Crippen LogP contribution < -0.4 is 11.1 Å². The van der Waals surface area contributed by atoms with Crippen molar-refractivity contribution in [1.29, 1.82) is 0 Å². The second kappa shape index (κ2) is 4.60. The van der Waals surface area contributed by atoms with E-state index < -0.39 is 0 Å². The highest BCUT2D eigenvalue weighted by molar-refractivity contribution is 5.80. The molecule has 98 valence electrons. The molecule has 2 aromatic heterocycles. The third-order valence-electron chi connectivity index (χ3n) is 2.96. The normalized spacial score (nSPS) is 11.0. The van der Waals surface area contributed by atoms with E-state index in [0.29, 0.717) is 18.2 Å². The quantitative estimate of drug-likeness (QED) is 0.613. The van der Waals surface area contributed by atoms with Gasteiger partial charge in [0.05, 0.1) is 17.6 Å². The van der Waals surface area contributed by atoms with E-state index in [1.807, 2.05) is 22.8 Å². The van der Waals surface area contributed by atoms with Gasteiger partial charge in [-0.05, 0) is 25.1 Å². The zero-order valence-electron chi connectivity index (χ0n) is 10.6. The summed E-state index contributed by atoms with van der Waals surface area (Å²) in [4.78, 5) is 7.61. The minimum Gasteiger partial charge on any atom is -0.399 e. The summed E-state index contributed by atoms with van der Waals surface area (Å²) in [5, 5.41) is 11.1. The summed E-state index contributed by atoms with van der Waals surface area (Å²) < 4.78 is 1.98. The van der Waals surface area contributed by atoms with Crippen molar-refractivity contribution in [3.05, 3.63) is 30.4 Å². The molecule has 0 atom stereocenters. The number of rotatable bonds is 4. The molecule has 7 heteroatoms. The lowest BCUT2D eigenvalue weighted by Crippen LogP contribution is -2.08. The van der Waals surface area contributed by atoms with E-state index in [1.165, 1.54) is 0 Å². The Bertz CT molecular complexity index is 697. The third kappa shape index (κ3) is 2.22. The molecule has 3 rings (SSSR count). The SMILES string of the molecule is CCn1cnnc1CNc1nc2ccc(N)cc2[nH]1. The van der Waals surface area contributed by atoms with E-state index in [0.717, 1.165) is 23.4 Å². The number of imidazole rings is 1. The van der Waals surface area contributed by atoms with E-state index in [2.05, 4.69) is 32.4 Å². The molecule has 0 radical (unpaired) electrons. The predicted molar refractivity (Wildman–Crippen MR) is 73.5 cm³/mol. The zero-order valence-corrected chi connectivity index (χ0v) is 10.6. The Balaban J connectivity index is 1.78. The van der Waals surface area contributed by atoms with Gasteiger partial charge in [-0.2, -0.15) is 0 Å². The van der Waals surface area contributed by atoms with Gasteiger partial charge in [-0.25, -0.2) is 4.98 Å². The number of aromatic nitrogens is 5. The molecule has 0 saturated heterocycles. The van der Waals surface area contributed by atoms with Gasteiger partial charge in [0.2, 0.25) is 5.95 Å². The molecule has 0 aliphatic heterocycles. The van der Waals surface area contributed by atoms with Crippen molar-refractivity contribution in [3.63, 3.8) is 0 Å². The Kier molecular flexibility index (Phi) is 2.79. The van der Waals surface area contributed by atoms with Crippen LogP contribution in [-0.4, -0.2) is 24.7 Å². The van der Waals surface area contributed by atoms with Gasteiger partial charge in [0.25, 0.3) is 0 Å². The van der Waals surface area contributed by atoms with Crippen LogP contribution in [0.1, 0.15) is 12.7 Å². The number of benzene rings is 1. The van der Waals surface area contributed by atoms with Crippen molar-refractivity contribution in [2.75, 3.05) is 11.1 Å². The maximum atomic E-state index is 5.73. The topological polar surface area (TPSA) is 97.4 Å². The number of aromatic amines is 1. The van der Waals surface area contributed by atoms with E-state index >= 15 is 0 Å². The van der Waals surface area contributed by atoms with Gasteiger partial charge in [0.15, 0.2) is 5.82 Å². The second-order valence-corrected chi connectivity index (χ2v) is 4.25. The number of H-pyrrole nitrogens is 1. The van der Waals surface area contributed by atoms with Crippen molar-refractivity contribution in [1.82, 2.24) is 24.7 Å². The fourth-order valence-corrected chi connectivity index (χ4v) is 1.95. The summed E-state index contributed by atoms with van der Waals surface area (Å²) in [5.41, 5.74) is 8.25. The van der Waals surface area contributed by atoms with Crippen LogP contribution in [0.25, 0.3) is 11.0 Å². The molecule has 0 amide bonds. The highest BCUT2D eigenvalue weighted by Gasteiger charge is 2.05. The molecule has 19 heavy (non-hydrogen) atoms. The molecule has 7 nitrogen and oxygen atoms in total. The summed E-state index contributed by atoms with van der Waals surface area (Å²) in [7, 11) is 0. The van der Waals surface area contributed by atoms with Crippen molar-refractivity contribution >= 4 is 22.7 Å². The van der Waals surface area contributed by atoms with Gasteiger partial charge < -0.3 is 20.6 Å². The lowest BCUT2D eigenvalue weighted by Gasteiger charge is -2.03. The number of hydrogen-bond donors (Lipinski definition) is 3. The maximum absolute atomic E-state index is 5.73. The Labute approximate surface area is 109 Å². The molecule has 4 N–H and O–H groups in total. The van der Waals surface area contributed by atoms with E-state index in [1.54, 1.807) is 6.33 Å². The molecule has 0 bridgehead atoms. The van der Waals surface area contributed by atoms with Crippen LogP contribution in [-0.2, 0) is 13.1 Å². The van der Waals surface area contributed by atoms with Crippen LogP contribution >= 0.6 is 0 Å². The van der Waals surface area contributed by atoms with Gasteiger partial charge in [-0.1, -0.05) is 0 Å². The number of aryl methyl sites for hydroxylation is 1. The lowest BCUT2D eigenvalue weighted by molar-refractivity contribution is 0.707. The molecule has 0 aliphatic rings. The van der Waals surface area contributed by atoms with Crippen LogP contribution in [0.15, 0.2) is 24.5 Å². The van der Waals surface area contributed by atoms with Crippen molar-refractivity contribution in [2.45, 2.75) is 20.0 Å². The van der Waals surface area contributed by atoms with E-state index in [-0.39, 0.29) is 0 Å². The number of fused-ring (bicyclic) bond motifs is 1. The fraction of sp³-hybridized carbons (Fsp3) is 0.250. The molecule has 0 spiro atoms. The van der Waals surface area contributed by atoms with E-state index in [9.17, 15) is 0 Å². The summed E-state index contributed by atoms with van der Waals surface area (Å²) in [6.45, 7) is 3.47. The first kappa shape index (κ1) is 11.5. The van der Waals surface area contributed by atoms with Crippen LogP contribution in [0.5, 0.6) is 0 Å². The first-order valence-corrected chi connectivity index (χ1v) is 6.12. The van der Waals surface area contributed by atoms with Gasteiger partial charge in [0, 0.05) is 12.2 Å². The third-order valence-corrected chi connectivity index (χ3v) is 2.96. The number of nitrogen functional groups attached to an aromatic ring is 1. The first-order valence-electron chi connectivity index (χ1n) is 6.12. The fourth-order valence-electron chi connectivity index (χ4n) is 1.95. The van der Waals surface area contributed by atoms with Crippen LogP contribution in [0.2, 0.25) is 0 Å². The maximum Gasteiger partial charge on any atom is 0.201 e. The molecule has 2 heterocycles.